The van der Waals surface area contributed by atoms with Gasteiger partial charge in [-0.3, -0.25) is 0 Å². The van der Waals surface area contributed by atoms with Crippen LogP contribution in [0.5, 0.6) is 0 Å². The monoisotopic (exact) mass is 295 g/mol. The molecule has 5 nitrogen and oxygen atoms in total. The number of rotatable bonds is 8. The van der Waals surface area contributed by atoms with Gasteiger partial charge >= 0.3 is 5.97 Å². The van der Waals surface area contributed by atoms with Gasteiger partial charge in [-0.05, 0) is 25.7 Å². The number of imidazole rings is 1. The first-order valence-electron chi connectivity index (χ1n) is 7.82. The molecule has 0 saturated carbocycles. The lowest BCUT2D eigenvalue weighted by atomic mass is 9.86. The molecule has 0 atom stereocenters. The fourth-order valence-corrected chi connectivity index (χ4v) is 2.49. The molecular formula is C16H29N3O2. The van der Waals surface area contributed by atoms with Gasteiger partial charge < -0.3 is 15.0 Å². The summed E-state index contributed by atoms with van der Waals surface area (Å²) in [7, 11) is 0. The Morgan fingerprint density at radius 1 is 1.33 bits per heavy atom. The number of anilines is 1. The molecule has 120 valence electrons. The Bertz CT molecular complexity index is 478. The molecule has 0 saturated heterocycles. The minimum absolute atomic E-state index is 0.126. The van der Waals surface area contributed by atoms with Gasteiger partial charge in [-0.15, -0.1) is 0 Å². The molecule has 0 bridgehead atoms. The summed E-state index contributed by atoms with van der Waals surface area (Å²) in [6.45, 7) is 11.4. The maximum absolute atomic E-state index is 11.8. The SMILES string of the molecule is CCCCCC(C)(C)Cn1c(C)nc(C(=O)OCC)c1N. The lowest BCUT2D eigenvalue weighted by Crippen LogP contribution is -2.22. The molecule has 0 radical (unpaired) electrons. The number of carbonyl (C=O) groups is 1. The molecule has 0 aliphatic heterocycles. The first kappa shape index (κ1) is 17.5. The molecule has 2 N–H and O–H groups in total. The second-order valence-corrected chi connectivity index (χ2v) is 6.32. The summed E-state index contributed by atoms with van der Waals surface area (Å²) in [6, 6.07) is 0. The van der Waals surface area contributed by atoms with Crippen molar-refractivity contribution in [1.29, 1.82) is 0 Å². The van der Waals surface area contributed by atoms with E-state index in [-0.39, 0.29) is 11.1 Å². The Hall–Kier alpha value is -1.52. The summed E-state index contributed by atoms with van der Waals surface area (Å²) < 4.78 is 6.92. The van der Waals surface area contributed by atoms with E-state index in [1.54, 1.807) is 6.92 Å². The maximum atomic E-state index is 11.8. The number of hydrogen-bond acceptors (Lipinski definition) is 4. The zero-order valence-corrected chi connectivity index (χ0v) is 14.0. The van der Waals surface area contributed by atoms with Crippen LogP contribution in [0.15, 0.2) is 0 Å². The van der Waals surface area contributed by atoms with Crippen LogP contribution in [-0.2, 0) is 11.3 Å². The number of hydrogen-bond donors (Lipinski definition) is 1. The van der Waals surface area contributed by atoms with E-state index >= 15 is 0 Å². The van der Waals surface area contributed by atoms with E-state index in [0.29, 0.717) is 12.4 Å². The smallest absolute Gasteiger partial charge is 0.360 e. The van der Waals surface area contributed by atoms with Crippen LogP contribution in [0.3, 0.4) is 0 Å². The van der Waals surface area contributed by atoms with Crippen molar-refractivity contribution in [2.45, 2.75) is 66.8 Å². The standard InChI is InChI=1S/C16H29N3O2/c1-6-8-9-10-16(4,5)11-19-12(3)18-13(14(19)17)15(20)21-7-2/h6-11,17H2,1-5H3. The highest BCUT2D eigenvalue weighted by molar-refractivity contribution is 5.92. The molecule has 1 aromatic rings. The lowest BCUT2D eigenvalue weighted by molar-refractivity contribution is 0.0521. The highest BCUT2D eigenvalue weighted by Crippen LogP contribution is 2.29. The second kappa shape index (κ2) is 7.48. The molecule has 1 rings (SSSR count). The quantitative estimate of drug-likeness (QED) is 0.588. The largest absolute Gasteiger partial charge is 0.461 e. The van der Waals surface area contributed by atoms with Gasteiger partial charge in [0.05, 0.1) is 6.61 Å². The van der Waals surface area contributed by atoms with Crippen molar-refractivity contribution in [3.05, 3.63) is 11.5 Å². The first-order valence-corrected chi connectivity index (χ1v) is 7.82. The number of nitrogen functional groups attached to an aromatic ring is 1. The Labute approximate surface area is 127 Å². The number of nitrogens with zero attached hydrogens (tertiary/aromatic N) is 2. The van der Waals surface area contributed by atoms with Crippen molar-refractivity contribution in [3.63, 3.8) is 0 Å². The van der Waals surface area contributed by atoms with Gasteiger partial charge in [0.2, 0.25) is 0 Å². The molecule has 0 aliphatic carbocycles. The summed E-state index contributed by atoms with van der Waals surface area (Å²) in [5.41, 5.74) is 6.46. The van der Waals surface area contributed by atoms with Gasteiger partial charge in [-0.1, -0.05) is 40.0 Å². The van der Waals surface area contributed by atoms with Gasteiger partial charge in [0, 0.05) is 6.54 Å². The van der Waals surface area contributed by atoms with E-state index in [2.05, 4.69) is 25.8 Å². The van der Waals surface area contributed by atoms with Crippen LogP contribution in [0.4, 0.5) is 5.82 Å². The predicted molar refractivity (Wildman–Crippen MR) is 85.3 cm³/mol. The highest BCUT2D eigenvalue weighted by atomic mass is 16.5. The van der Waals surface area contributed by atoms with E-state index in [1.165, 1.54) is 19.3 Å². The van der Waals surface area contributed by atoms with E-state index in [9.17, 15) is 4.79 Å². The van der Waals surface area contributed by atoms with Gasteiger partial charge in [-0.25, -0.2) is 9.78 Å². The van der Waals surface area contributed by atoms with Crippen molar-refractivity contribution in [2.24, 2.45) is 5.41 Å². The number of ether oxygens (including phenoxy) is 1. The molecule has 1 aromatic heterocycles. The van der Waals surface area contributed by atoms with Crippen LogP contribution in [-0.4, -0.2) is 22.1 Å². The number of esters is 1. The Kier molecular flexibility index (Phi) is 6.24. The van der Waals surface area contributed by atoms with E-state index in [4.69, 9.17) is 10.5 Å². The van der Waals surface area contributed by atoms with Crippen LogP contribution in [0.1, 0.15) is 69.7 Å². The summed E-state index contributed by atoms with van der Waals surface area (Å²) in [5, 5.41) is 0. The van der Waals surface area contributed by atoms with Crippen LogP contribution >= 0.6 is 0 Å². The summed E-state index contributed by atoms with van der Waals surface area (Å²) in [5.74, 6) is 0.731. The van der Waals surface area contributed by atoms with Crippen molar-refractivity contribution >= 4 is 11.8 Å². The third-order valence-corrected chi connectivity index (χ3v) is 3.71. The second-order valence-electron chi connectivity index (χ2n) is 6.32. The molecule has 0 amide bonds. The van der Waals surface area contributed by atoms with E-state index < -0.39 is 5.97 Å². The minimum Gasteiger partial charge on any atom is -0.461 e. The first-order chi connectivity index (χ1) is 9.82. The van der Waals surface area contributed by atoms with Crippen molar-refractivity contribution < 1.29 is 9.53 Å². The summed E-state index contributed by atoms with van der Waals surface area (Å²) >= 11 is 0. The van der Waals surface area contributed by atoms with Gasteiger partial charge in [0.25, 0.3) is 0 Å². The zero-order chi connectivity index (χ0) is 16.0. The molecule has 1 heterocycles. The van der Waals surface area contributed by atoms with Crippen LogP contribution in [0, 0.1) is 12.3 Å². The number of unbranched alkanes of at least 4 members (excludes halogenated alkanes) is 2. The predicted octanol–water partition coefficient (Wildman–Crippen LogP) is 3.56. The molecular weight excluding hydrogens is 266 g/mol. The lowest BCUT2D eigenvalue weighted by Gasteiger charge is -2.26. The third-order valence-electron chi connectivity index (χ3n) is 3.71. The van der Waals surface area contributed by atoms with E-state index in [0.717, 1.165) is 18.8 Å². The minimum atomic E-state index is -0.444. The number of aryl methyl sites for hydroxylation is 1. The summed E-state index contributed by atoms with van der Waals surface area (Å²) in [4.78, 5) is 16.1. The average molecular weight is 295 g/mol. The van der Waals surface area contributed by atoms with Gasteiger partial charge in [-0.2, -0.15) is 0 Å². The molecule has 0 spiro atoms. The van der Waals surface area contributed by atoms with Crippen LogP contribution in [0.2, 0.25) is 0 Å². The van der Waals surface area contributed by atoms with Crippen LogP contribution < -0.4 is 5.73 Å². The summed E-state index contributed by atoms with van der Waals surface area (Å²) in [6.07, 6.45) is 4.81. The Morgan fingerprint density at radius 2 is 2.00 bits per heavy atom. The average Bonchev–Trinajstić information content (AvgIpc) is 2.67. The molecule has 21 heavy (non-hydrogen) atoms. The van der Waals surface area contributed by atoms with Crippen molar-refractivity contribution in [2.75, 3.05) is 12.3 Å². The third kappa shape index (κ3) is 4.76. The van der Waals surface area contributed by atoms with E-state index in [1.807, 2.05) is 11.5 Å². The topological polar surface area (TPSA) is 70.1 Å². The Morgan fingerprint density at radius 3 is 2.57 bits per heavy atom. The normalized spacial score (nSPS) is 11.7. The fourth-order valence-electron chi connectivity index (χ4n) is 2.49. The molecule has 0 unspecified atom stereocenters. The van der Waals surface area contributed by atoms with Crippen molar-refractivity contribution in [1.82, 2.24) is 9.55 Å². The van der Waals surface area contributed by atoms with Crippen molar-refractivity contribution in [3.8, 4) is 0 Å². The maximum Gasteiger partial charge on any atom is 0.360 e. The molecule has 0 aromatic carbocycles. The van der Waals surface area contributed by atoms with Gasteiger partial charge in [0.1, 0.15) is 11.6 Å². The highest BCUT2D eigenvalue weighted by Gasteiger charge is 2.24. The van der Waals surface area contributed by atoms with Gasteiger partial charge in [0.15, 0.2) is 5.69 Å². The number of nitrogens with two attached hydrogens (primary N) is 1. The fraction of sp³-hybridized carbons (Fsp3) is 0.750. The number of aromatic nitrogens is 2. The van der Waals surface area contributed by atoms with Crippen LogP contribution in [0.25, 0.3) is 0 Å². The molecule has 5 heteroatoms. The zero-order valence-electron chi connectivity index (χ0n) is 14.0. The number of carbonyl (C=O) groups excluding carboxylic acids is 1. The molecule has 0 fully saturated rings. The Balaban J connectivity index is 2.86. The molecule has 0 aliphatic rings.